The van der Waals surface area contributed by atoms with Gasteiger partial charge in [-0.3, -0.25) is 4.79 Å². The summed E-state index contributed by atoms with van der Waals surface area (Å²) in [6.07, 6.45) is 0.784. The Hall–Kier alpha value is -1.29. The highest BCUT2D eigenvalue weighted by Gasteiger charge is 2.16. The fourth-order valence-electron chi connectivity index (χ4n) is 1.22. The van der Waals surface area contributed by atoms with Crippen LogP contribution in [0.3, 0.4) is 0 Å². The Balaban J connectivity index is 2.85. The first-order valence-electron chi connectivity index (χ1n) is 6.04. The second-order valence-corrected chi connectivity index (χ2v) is 5.25. The molecule has 0 atom stereocenters. The molecule has 0 aliphatic rings. The lowest BCUT2D eigenvalue weighted by atomic mass is 10.2. The lowest BCUT2D eigenvalue weighted by Gasteiger charge is -2.09. The van der Waals surface area contributed by atoms with Crippen molar-refractivity contribution < 1.29 is 14.3 Å². The lowest BCUT2D eigenvalue weighted by molar-refractivity contribution is -0.113. The number of benzene rings is 1. The van der Waals surface area contributed by atoms with Crippen LogP contribution in [-0.4, -0.2) is 17.7 Å². The fourth-order valence-corrected chi connectivity index (χ4v) is 2.08. The van der Waals surface area contributed by atoms with Crippen LogP contribution in [0.15, 0.2) is 29.2 Å². The third-order valence-corrected chi connectivity index (χ3v) is 3.47. The molecule has 1 rings (SSSR count). The second kappa shape index (κ2) is 7.21. The maximum Gasteiger partial charge on any atom is 0.339 e. The molecule has 0 aliphatic carbocycles. The van der Waals surface area contributed by atoms with Gasteiger partial charge in [0.25, 0.3) is 0 Å². The van der Waals surface area contributed by atoms with Crippen LogP contribution in [0, 0.1) is 5.92 Å². The van der Waals surface area contributed by atoms with Crippen molar-refractivity contribution in [1.82, 2.24) is 0 Å². The summed E-state index contributed by atoms with van der Waals surface area (Å²) in [7, 11) is 0. The number of carbonyl (C=O) groups excluding carboxylic acids is 2. The van der Waals surface area contributed by atoms with Gasteiger partial charge in [0.05, 0.1) is 12.2 Å². The third-order valence-electron chi connectivity index (χ3n) is 2.23. The van der Waals surface area contributed by atoms with E-state index in [1.54, 1.807) is 18.2 Å². The summed E-state index contributed by atoms with van der Waals surface area (Å²) < 4.78 is 5.10. The molecule has 0 amide bonds. The first kappa shape index (κ1) is 14.8. The van der Waals surface area contributed by atoms with Gasteiger partial charge in [-0.15, -0.1) is 0 Å². The van der Waals surface area contributed by atoms with Gasteiger partial charge >= 0.3 is 5.97 Å². The second-order valence-electron chi connectivity index (χ2n) is 4.21. The van der Waals surface area contributed by atoms with Crippen molar-refractivity contribution in [3.05, 3.63) is 29.8 Å². The first-order valence-corrected chi connectivity index (χ1v) is 6.85. The minimum Gasteiger partial charge on any atom is -0.462 e. The zero-order valence-corrected chi connectivity index (χ0v) is 11.8. The summed E-state index contributed by atoms with van der Waals surface area (Å²) in [5, 5.41) is 0.0470. The van der Waals surface area contributed by atoms with E-state index in [2.05, 4.69) is 0 Å². The van der Waals surface area contributed by atoms with Gasteiger partial charge in [-0.2, -0.15) is 0 Å². The number of carbonyl (C=O) groups is 2. The van der Waals surface area contributed by atoms with Crippen LogP contribution in [0.4, 0.5) is 0 Å². The van der Waals surface area contributed by atoms with E-state index in [-0.39, 0.29) is 17.0 Å². The largest absolute Gasteiger partial charge is 0.462 e. The number of esters is 1. The molecular weight excluding hydrogens is 248 g/mol. The minimum absolute atomic E-state index is 0.0470. The van der Waals surface area contributed by atoms with Crippen LogP contribution >= 0.6 is 11.8 Å². The van der Waals surface area contributed by atoms with Crippen molar-refractivity contribution in [2.24, 2.45) is 5.92 Å². The smallest absolute Gasteiger partial charge is 0.339 e. The van der Waals surface area contributed by atoms with Gasteiger partial charge < -0.3 is 4.74 Å². The minimum atomic E-state index is -0.364. The zero-order chi connectivity index (χ0) is 13.5. The Morgan fingerprint density at radius 1 is 1.28 bits per heavy atom. The summed E-state index contributed by atoms with van der Waals surface area (Å²) in [6, 6.07) is 7.04. The number of hydrogen-bond donors (Lipinski definition) is 0. The van der Waals surface area contributed by atoms with Crippen molar-refractivity contribution in [1.29, 1.82) is 0 Å². The molecule has 0 radical (unpaired) electrons. The molecule has 0 aliphatic heterocycles. The zero-order valence-electron chi connectivity index (χ0n) is 10.9. The molecule has 4 heteroatoms. The van der Waals surface area contributed by atoms with E-state index in [0.717, 1.165) is 18.2 Å². The summed E-state index contributed by atoms with van der Waals surface area (Å²) in [4.78, 5) is 24.2. The van der Waals surface area contributed by atoms with Crippen molar-refractivity contribution in [2.45, 2.75) is 32.1 Å². The van der Waals surface area contributed by atoms with E-state index < -0.39 is 0 Å². The topological polar surface area (TPSA) is 43.4 Å². The maximum absolute atomic E-state index is 11.8. The molecule has 0 bridgehead atoms. The Morgan fingerprint density at radius 3 is 2.56 bits per heavy atom. The molecule has 3 nitrogen and oxygen atoms in total. The molecule has 1 aromatic carbocycles. The average molecular weight is 266 g/mol. The Labute approximate surface area is 112 Å². The molecule has 0 unspecified atom stereocenters. The molecule has 0 heterocycles. The molecule has 18 heavy (non-hydrogen) atoms. The molecule has 0 saturated heterocycles. The Kier molecular flexibility index (Phi) is 5.92. The maximum atomic E-state index is 11.8. The Bertz CT molecular complexity index is 427. The summed E-state index contributed by atoms with van der Waals surface area (Å²) in [5.74, 6) is -0.425. The van der Waals surface area contributed by atoms with Crippen LogP contribution in [0.2, 0.25) is 0 Å². The predicted octanol–water partition coefficient (Wildman–Crippen LogP) is 3.53. The highest BCUT2D eigenvalue weighted by molar-refractivity contribution is 8.13. The molecule has 0 spiro atoms. The summed E-state index contributed by atoms with van der Waals surface area (Å²) in [6.45, 7) is 6.02. The quantitative estimate of drug-likeness (QED) is 0.604. The van der Waals surface area contributed by atoms with Gasteiger partial charge in [-0.05, 0) is 18.6 Å². The number of hydrogen-bond acceptors (Lipinski definition) is 4. The molecular formula is C14H18O3S. The average Bonchev–Trinajstić information content (AvgIpc) is 2.36. The van der Waals surface area contributed by atoms with E-state index in [1.165, 1.54) is 0 Å². The van der Waals surface area contributed by atoms with Crippen molar-refractivity contribution >= 4 is 22.8 Å². The van der Waals surface area contributed by atoms with Crippen molar-refractivity contribution in [3.63, 3.8) is 0 Å². The fraction of sp³-hybridized carbons (Fsp3) is 0.429. The van der Waals surface area contributed by atoms with E-state index in [4.69, 9.17) is 4.74 Å². The van der Waals surface area contributed by atoms with Gasteiger partial charge in [0.2, 0.25) is 0 Å². The van der Waals surface area contributed by atoms with Crippen LogP contribution < -0.4 is 0 Å². The van der Waals surface area contributed by atoms with Crippen molar-refractivity contribution in [3.8, 4) is 0 Å². The lowest BCUT2D eigenvalue weighted by Crippen LogP contribution is -2.09. The molecule has 0 aromatic heterocycles. The number of ether oxygens (including phenoxy) is 1. The SMILES string of the molecule is CCCOC(=O)c1ccccc1SC(=O)C(C)C. The molecule has 1 aromatic rings. The number of rotatable bonds is 5. The highest BCUT2D eigenvalue weighted by atomic mass is 32.2. The standard InChI is InChI=1S/C14H18O3S/c1-4-9-17-13(15)11-7-5-6-8-12(11)18-14(16)10(2)3/h5-8,10H,4,9H2,1-3H3. The van der Waals surface area contributed by atoms with Crippen LogP contribution in [0.5, 0.6) is 0 Å². The molecule has 0 N–H and O–H groups in total. The monoisotopic (exact) mass is 266 g/mol. The third kappa shape index (κ3) is 4.18. The van der Waals surface area contributed by atoms with Crippen molar-refractivity contribution in [2.75, 3.05) is 6.61 Å². The number of thioether (sulfide) groups is 1. The van der Waals surface area contributed by atoms with Crippen LogP contribution in [-0.2, 0) is 9.53 Å². The Morgan fingerprint density at radius 2 is 1.94 bits per heavy atom. The molecule has 98 valence electrons. The van der Waals surface area contributed by atoms with Crippen LogP contribution in [0.1, 0.15) is 37.6 Å². The predicted molar refractivity (Wildman–Crippen MR) is 72.7 cm³/mol. The van der Waals surface area contributed by atoms with Crippen LogP contribution in [0.25, 0.3) is 0 Å². The summed E-state index contributed by atoms with van der Waals surface area (Å²) >= 11 is 1.10. The molecule has 0 fully saturated rings. The van der Waals surface area contributed by atoms with Gasteiger partial charge in [-0.25, -0.2) is 4.79 Å². The van der Waals surface area contributed by atoms with Gasteiger partial charge in [0, 0.05) is 10.8 Å². The van der Waals surface area contributed by atoms with Gasteiger partial charge in [0.15, 0.2) is 5.12 Å². The van der Waals surface area contributed by atoms with Gasteiger partial charge in [-0.1, -0.05) is 44.7 Å². The van der Waals surface area contributed by atoms with E-state index in [0.29, 0.717) is 17.1 Å². The van der Waals surface area contributed by atoms with E-state index >= 15 is 0 Å². The van der Waals surface area contributed by atoms with E-state index in [9.17, 15) is 9.59 Å². The normalized spacial score (nSPS) is 10.4. The van der Waals surface area contributed by atoms with Gasteiger partial charge in [0.1, 0.15) is 0 Å². The highest BCUT2D eigenvalue weighted by Crippen LogP contribution is 2.26. The first-order chi connectivity index (χ1) is 8.56. The van der Waals surface area contributed by atoms with E-state index in [1.807, 2.05) is 26.8 Å². The molecule has 0 saturated carbocycles. The summed E-state index contributed by atoms with van der Waals surface area (Å²) in [5.41, 5.74) is 0.463.